The first-order valence-electron chi connectivity index (χ1n) is 28.5. The number of carbonyl (C=O) groups excluding carboxylic acids is 2. The van der Waals surface area contributed by atoms with Gasteiger partial charge in [-0.2, -0.15) is 0 Å². The van der Waals surface area contributed by atoms with Gasteiger partial charge in [-0.15, -0.1) is 0 Å². The predicted molar refractivity (Wildman–Crippen MR) is 287 cm³/mol. The quantitative estimate of drug-likeness (QED) is 0.0321. The highest BCUT2D eigenvalue weighted by atomic mass is 16.5. The van der Waals surface area contributed by atoms with Crippen molar-refractivity contribution in [3.8, 4) is 0 Å². The molecule has 0 saturated heterocycles. The lowest BCUT2D eigenvalue weighted by Gasteiger charge is -2.23. The van der Waals surface area contributed by atoms with Gasteiger partial charge in [-0.25, -0.2) is 0 Å². The van der Waals surface area contributed by atoms with Crippen LogP contribution < -0.4 is 5.32 Å². The Balaban J connectivity index is 4.53. The fourth-order valence-corrected chi connectivity index (χ4v) is 8.46. The molecule has 384 valence electrons. The SMILES string of the molecule is CCCCC/C=C\C/C=C\C/C=C\CCCCCCCCC(=O)OC(/C=C/C/C=C\CCCCCCCC)CC(=O)NC(CO)C(O)CCCCCCCCCCCCCCCCCCC. The number of unbranched alkanes of at least 4 members (excludes halogenated alkanes) is 31. The zero-order chi connectivity index (χ0) is 48.1. The lowest BCUT2D eigenvalue weighted by Crippen LogP contribution is -2.46. The van der Waals surface area contributed by atoms with Crippen LogP contribution in [0.1, 0.15) is 284 Å². The van der Waals surface area contributed by atoms with Crippen LogP contribution in [-0.2, 0) is 14.3 Å². The second kappa shape index (κ2) is 53.5. The molecular formula is C60H109NO5. The molecule has 0 aliphatic carbocycles. The number of carbonyl (C=O) groups is 2. The predicted octanol–water partition coefficient (Wildman–Crippen LogP) is 17.6. The fourth-order valence-electron chi connectivity index (χ4n) is 8.46. The van der Waals surface area contributed by atoms with E-state index in [2.05, 4.69) is 74.7 Å². The summed E-state index contributed by atoms with van der Waals surface area (Å²) in [6, 6.07) is -0.737. The summed E-state index contributed by atoms with van der Waals surface area (Å²) in [6.07, 6.45) is 67.5. The molecule has 6 heteroatoms. The monoisotopic (exact) mass is 924 g/mol. The summed E-state index contributed by atoms with van der Waals surface area (Å²) in [6.45, 7) is 6.43. The first-order valence-corrected chi connectivity index (χ1v) is 28.5. The number of ether oxygens (including phenoxy) is 1. The number of amides is 1. The Bertz CT molecular complexity index is 1170. The summed E-state index contributed by atoms with van der Waals surface area (Å²) >= 11 is 0. The third-order valence-electron chi connectivity index (χ3n) is 12.8. The van der Waals surface area contributed by atoms with Crippen molar-refractivity contribution >= 4 is 11.9 Å². The summed E-state index contributed by atoms with van der Waals surface area (Å²) in [5.74, 6) is -0.611. The van der Waals surface area contributed by atoms with Gasteiger partial charge >= 0.3 is 5.97 Å². The van der Waals surface area contributed by atoms with Crippen molar-refractivity contribution in [1.29, 1.82) is 0 Å². The molecule has 3 N–H and O–H groups in total. The van der Waals surface area contributed by atoms with Gasteiger partial charge in [-0.3, -0.25) is 9.59 Å². The molecule has 0 rings (SSSR count). The number of nitrogens with one attached hydrogen (secondary N) is 1. The highest BCUT2D eigenvalue weighted by Gasteiger charge is 2.23. The molecule has 0 spiro atoms. The number of hydrogen-bond acceptors (Lipinski definition) is 5. The first-order chi connectivity index (χ1) is 32.5. The minimum absolute atomic E-state index is 0.0344. The maximum absolute atomic E-state index is 13.2. The molecule has 0 aliphatic heterocycles. The fraction of sp³-hybridized carbons (Fsp3) is 0.800. The van der Waals surface area contributed by atoms with Crippen LogP contribution in [0.2, 0.25) is 0 Å². The average molecular weight is 925 g/mol. The molecule has 0 aliphatic rings. The van der Waals surface area contributed by atoms with Crippen molar-refractivity contribution in [3.63, 3.8) is 0 Å². The molecule has 0 bridgehead atoms. The van der Waals surface area contributed by atoms with Gasteiger partial charge in [0.2, 0.25) is 5.91 Å². The largest absolute Gasteiger partial charge is 0.458 e. The summed E-state index contributed by atoms with van der Waals surface area (Å²) < 4.78 is 5.84. The molecular weight excluding hydrogens is 815 g/mol. The summed E-state index contributed by atoms with van der Waals surface area (Å²) in [7, 11) is 0. The zero-order valence-corrected chi connectivity index (χ0v) is 43.8. The summed E-state index contributed by atoms with van der Waals surface area (Å²) in [5.41, 5.74) is 0. The van der Waals surface area contributed by atoms with E-state index in [9.17, 15) is 19.8 Å². The standard InChI is InChI=1S/C60H109NO5/c1-4-7-10-13-16-19-22-24-26-28-29-31-33-35-38-41-44-47-50-53-60(65)66-56(51-48-45-42-39-36-21-18-15-12-9-6-3)54-59(64)61-57(55-62)58(63)52-49-46-43-40-37-34-32-30-27-25-23-20-17-14-11-8-5-2/h16,19,24,26,29,31,39,42,48,51,56-58,62-63H,4-15,17-18,20-23,25,27-28,30,32-38,40-41,43-47,49-50,52-55H2,1-3H3,(H,61,64)/b19-16-,26-24-,31-29-,42-39-,51-48+. The lowest BCUT2D eigenvalue weighted by molar-refractivity contribution is -0.148. The Morgan fingerprint density at radius 1 is 0.455 bits per heavy atom. The van der Waals surface area contributed by atoms with Crippen LogP contribution in [0.15, 0.2) is 60.8 Å². The van der Waals surface area contributed by atoms with Crippen LogP contribution in [0.5, 0.6) is 0 Å². The molecule has 0 radical (unpaired) electrons. The Hall–Kier alpha value is -2.44. The third-order valence-corrected chi connectivity index (χ3v) is 12.8. The summed E-state index contributed by atoms with van der Waals surface area (Å²) in [5, 5.41) is 23.8. The Morgan fingerprint density at radius 3 is 1.24 bits per heavy atom. The molecule has 0 aromatic rings. The van der Waals surface area contributed by atoms with Gasteiger partial charge in [0.15, 0.2) is 0 Å². The molecule has 3 atom stereocenters. The minimum Gasteiger partial charge on any atom is -0.458 e. The van der Waals surface area contributed by atoms with E-state index in [1.54, 1.807) is 0 Å². The van der Waals surface area contributed by atoms with E-state index in [1.165, 1.54) is 173 Å². The van der Waals surface area contributed by atoms with Crippen LogP contribution >= 0.6 is 0 Å². The van der Waals surface area contributed by atoms with Crippen LogP contribution in [0.4, 0.5) is 0 Å². The van der Waals surface area contributed by atoms with Crippen LogP contribution in [0, 0.1) is 0 Å². The highest BCUT2D eigenvalue weighted by Crippen LogP contribution is 2.17. The number of aliphatic hydroxyl groups is 2. The summed E-state index contributed by atoms with van der Waals surface area (Å²) in [4.78, 5) is 26.1. The van der Waals surface area contributed by atoms with E-state index in [4.69, 9.17) is 4.74 Å². The number of hydrogen-bond donors (Lipinski definition) is 3. The highest BCUT2D eigenvalue weighted by molar-refractivity contribution is 5.78. The molecule has 66 heavy (non-hydrogen) atoms. The Kier molecular flexibility index (Phi) is 51.5. The smallest absolute Gasteiger partial charge is 0.306 e. The van der Waals surface area contributed by atoms with Gasteiger partial charge in [0.1, 0.15) is 6.10 Å². The molecule has 0 heterocycles. The second-order valence-corrected chi connectivity index (χ2v) is 19.3. The van der Waals surface area contributed by atoms with Gasteiger partial charge in [0.25, 0.3) is 0 Å². The number of rotatable bonds is 51. The Morgan fingerprint density at radius 2 is 0.803 bits per heavy atom. The minimum atomic E-state index is -0.815. The van der Waals surface area contributed by atoms with Gasteiger partial charge in [-0.05, 0) is 76.7 Å². The van der Waals surface area contributed by atoms with E-state index in [-0.39, 0.29) is 24.9 Å². The van der Waals surface area contributed by atoms with Gasteiger partial charge < -0.3 is 20.3 Å². The van der Waals surface area contributed by atoms with Crippen molar-refractivity contribution in [1.82, 2.24) is 5.32 Å². The zero-order valence-electron chi connectivity index (χ0n) is 43.8. The normalized spacial score (nSPS) is 13.6. The van der Waals surface area contributed by atoms with E-state index >= 15 is 0 Å². The number of aliphatic hydroxyl groups excluding tert-OH is 2. The third kappa shape index (κ3) is 48.0. The van der Waals surface area contributed by atoms with Crippen molar-refractivity contribution < 1.29 is 24.5 Å². The van der Waals surface area contributed by atoms with E-state index in [0.717, 1.165) is 64.2 Å². The topological polar surface area (TPSA) is 95.9 Å². The maximum atomic E-state index is 13.2. The molecule has 0 fully saturated rings. The van der Waals surface area contributed by atoms with Crippen LogP contribution in [0.3, 0.4) is 0 Å². The van der Waals surface area contributed by atoms with Crippen LogP contribution in [-0.4, -0.2) is 46.9 Å². The van der Waals surface area contributed by atoms with Crippen molar-refractivity contribution in [2.45, 2.75) is 302 Å². The van der Waals surface area contributed by atoms with Crippen LogP contribution in [0.25, 0.3) is 0 Å². The molecule has 6 nitrogen and oxygen atoms in total. The van der Waals surface area contributed by atoms with Gasteiger partial charge in [-0.1, -0.05) is 255 Å². The Labute approximate surface area is 409 Å². The van der Waals surface area contributed by atoms with E-state index in [1.807, 2.05) is 12.2 Å². The lowest BCUT2D eigenvalue weighted by atomic mass is 10.0. The van der Waals surface area contributed by atoms with Crippen molar-refractivity contribution in [3.05, 3.63) is 60.8 Å². The van der Waals surface area contributed by atoms with E-state index < -0.39 is 18.2 Å². The maximum Gasteiger partial charge on any atom is 0.306 e. The van der Waals surface area contributed by atoms with Crippen molar-refractivity contribution in [2.24, 2.45) is 0 Å². The molecule has 3 unspecified atom stereocenters. The molecule has 1 amide bonds. The average Bonchev–Trinajstić information content (AvgIpc) is 3.31. The molecule has 0 aromatic heterocycles. The second-order valence-electron chi connectivity index (χ2n) is 19.3. The van der Waals surface area contributed by atoms with Gasteiger partial charge in [0, 0.05) is 6.42 Å². The molecule has 0 saturated carbocycles. The van der Waals surface area contributed by atoms with Crippen molar-refractivity contribution in [2.75, 3.05) is 6.61 Å². The number of allylic oxidation sites excluding steroid dienone is 9. The first kappa shape index (κ1) is 63.6. The molecule has 0 aromatic carbocycles. The van der Waals surface area contributed by atoms with E-state index in [0.29, 0.717) is 19.3 Å². The number of esters is 1. The van der Waals surface area contributed by atoms with Gasteiger partial charge in [0.05, 0.1) is 25.2 Å².